The van der Waals surface area contributed by atoms with Crippen LogP contribution in [-0.4, -0.2) is 18.2 Å². The fourth-order valence-corrected chi connectivity index (χ4v) is 2.25. The second kappa shape index (κ2) is 6.84. The zero-order chi connectivity index (χ0) is 16.9. The van der Waals surface area contributed by atoms with Gasteiger partial charge in [0.15, 0.2) is 0 Å². The predicted octanol–water partition coefficient (Wildman–Crippen LogP) is 3.84. The van der Waals surface area contributed by atoms with Crippen molar-refractivity contribution in [3.05, 3.63) is 77.0 Å². The van der Waals surface area contributed by atoms with Gasteiger partial charge in [0.25, 0.3) is 0 Å². The van der Waals surface area contributed by atoms with Crippen LogP contribution in [0.5, 0.6) is 0 Å². The molecule has 3 rings (SSSR count). The lowest BCUT2D eigenvalue weighted by Crippen LogP contribution is -2.00. The van der Waals surface area contributed by atoms with Crippen molar-refractivity contribution in [1.82, 2.24) is 5.16 Å². The Morgan fingerprint density at radius 2 is 1.75 bits per heavy atom. The Bertz CT molecular complexity index is 913. The summed E-state index contributed by atoms with van der Waals surface area (Å²) in [6.45, 7) is 1.84. The summed E-state index contributed by atoms with van der Waals surface area (Å²) < 4.78 is 9.97. The number of nitrogens with zero attached hydrogens (tertiary/aromatic N) is 1. The molecular formula is C20H15NO3. The number of benzene rings is 2. The van der Waals surface area contributed by atoms with Crippen LogP contribution in [0.4, 0.5) is 0 Å². The van der Waals surface area contributed by atoms with Crippen molar-refractivity contribution >= 4 is 5.97 Å². The van der Waals surface area contributed by atoms with Gasteiger partial charge in [0.05, 0.1) is 18.2 Å². The van der Waals surface area contributed by atoms with E-state index in [4.69, 9.17) is 4.52 Å². The topological polar surface area (TPSA) is 52.3 Å². The van der Waals surface area contributed by atoms with Crippen LogP contribution in [0.15, 0.2) is 59.1 Å². The minimum Gasteiger partial charge on any atom is -0.465 e. The first-order valence-electron chi connectivity index (χ1n) is 7.41. The molecule has 0 aliphatic carbocycles. The van der Waals surface area contributed by atoms with Crippen LogP contribution in [0.2, 0.25) is 0 Å². The standard InChI is InChI=1S/C20H15NO3/c1-14-18(19(21-24-14)16-6-4-3-5-7-16)13-10-15-8-11-17(12-9-15)20(22)23-2/h3-9,11-12H,1-2H3. The van der Waals surface area contributed by atoms with E-state index in [1.165, 1.54) is 7.11 Å². The number of carbonyl (C=O) groups is 1. The molecule has 0 aliphatic rings. The van der Waals surface area contributed by atoms with Gasteiger partial charge in [-0.25, -0.2) is 4.79 Å². The normalized spacial score (nSPS) is 9.92. The molecule has 0 aliphatic heterocycles. The summed E-state index contributed by atoms with van der Waals surface area (Å²) in [5, 5.41) is 4.11. The van der Waals surface area contributed by atoms with Crippen LogP contribution < -0.4 is 0 Å². The van der Waals surface area contributed by atoms with Crippen molar-refractivity contribution in [2.45, 2.75) is 6.92 Å². The number of aryl methyl sites for hydroxylation is 1. The first-order valence-corrected chi connectivity index (χ1v) is 7.41. The Balaban J connectivity index is 1.92. The van der Waals surface area contributed by atoms with Crippen molar-refractivity contribution in [3.8, 4) is 23.1 Å². The smallest absolute Gasteiger partial charge is 0.337 e. The minimum absolute atomic E-state index is 0.365. The molecule has 118 valence electrons. The minimum atomic E-state index is -0.365. The van der Waals surface area contributed by atoms with E-state index in [1.807, 2.05) is 37.3 Å². The van der Waals surface area contributed by atoms with E-state index in [-0.39, 0.29) is 5.97 Å². The summed E-state index contributed by atoms with van der Waals surface area (Å²) in [7, 11) is 1.36. The number of hydrogen-bond donors (Lipinski definition) is 0. The summed E-state index contributed by atoms with van der Waals surface area (Å²) in [6.07, 6.45) is 0. The second-order valence-electron chi connectivity index (χ2n) is 5.15. The quantitative estimate of drug-likeness (QED) is 0.532. The molecule has 0 spiro atoms. The van der Waals surface area contributed by atoms with Gasteiger partial charge in [-0.05, 0) is 31.2 Å². The zero-order valence-corrected chi connectivity index (χ0v) is 13.4. The highest BCUT2D eigenvalue weighted by molar-refractivity contribution is 5.89. The molecule has 2 aromatic carbocycles. The van der Waals surface area contributed by atoms with Crippen LogP contribution in [0, 0.1) is 18.8 Å². The molecule has 0 amide bonds. The highest BCUT2D eigenvalue weighted by Gasteiger charge is 2.12. The largest absolute Gasteiger partial charge is 0.465 e. The van der Waals surface area contributed by atoms with Crippen LogP contribution >= 0.6 is 0 Å². The molecule has 0 N–H and O–H groups in total. The maximum absolute atomic E-state index is 11.4. The molecule has 4 nitrogen and oxygen atoms in total. The number of rotatable bonds is 2. The number of methoxy groups -OCH3 is 1. The van der Waals surface area contributed by atoms with E-state index in [9.17, 15) is 4.79 Å². The van der Waals surface area contributed by atoms with Crippen molar-refractivity contribution in [2.75, 3.05) is 7.11 Å². The monoisotopic (exact) mass is 317 g/mol. The summed E-state index contributed by atoms with van der Waals surface area (Å²) in [4.78, 5) is 11.4. The Morgan fingerprint density at radius 3 is 2.42 bits per heavy atom. The number of ether oxygens (including phenoxy) is 1. The van der Waals surface area contributed by atoms with Gasteiger partial charge in [-0.2, -0.15) is 0 Å². The number of carbonyl (C=O) groups excluding carboxylic acids is 1. The van der Waals surface area contributed by atoms with Gasteiger partial charge in [0.1, 0.15) is 11.5 Å². The van der Waals surface area contributed by atoms with Crippen molar-refractivity contribution in [2.24, 2.45) is 0 Å². The van der Waals surface area contributed by atoms with Gasteiger partial charge in [0, 0.05) is 11.1 Å². The SMILES string of the molecule is COC(=O)c1ccc(C#Cc2c(-c3ccccc3)noc2C)cc1. The molecule has 1 heterocycles. The molecule has 0 bridgehead atoms. The molecule has 0 radical (unpaired) electrons. The van der Waals surface area contributed by atoms with Gasteiger partial charge in [0.2, 0.25) is 0 Å². The number of esters is 1. The zero-order valence-electron chi connectivity index (χ0n) is 13.4. The Hall–Kier alpha value is -3.32. The molecular weight excluding hydrogens is 302 g/mol. The molecule has 24 heavy (non-hydrogen) atoms. The number of aromatic nitrogens is 1. The lowest BCUT2D eigenvalue weighted by molar-refractivity contribution is 0.0600. The predicted molar refractivity (Wildman–Crippen MR) is 90.4 cm³/mol. The lowest BCUT2D eigenvalue weighted by Gasteiger charge is -1.98. The van der Waals surface area contributed by atoms with Crippen molar-refractivity contribution in [1.29, 1.82) is 0 Å². The van der Waals surface area contributed by atoms with E-state index in [0.29, 0.717) is 11.3 Å². The Kier molecular flexibility index (Phi) is 4.44. The molecule has 4 heteroatoms. The fourth-order valence-electron chi connectivity index (χ4n) is 2.25. The highest BCUT2D eigenvalue weighted by Crippen LogP contribution is 2.24. The molecule has 0 fully saturated rings. The van der Waals surface area contributed by atoms with E-state index >= 15 is 0 Å². The summed E-state index contributed by atoms with van der Waals surface area (Å²) in [5.74, 6) is 6.51. The average molecular weight is 317 g/mol. The van der Waals surface area contributed by atoms with Crippen LogP contribution in [0.25, 0.3) is 11.3 Å². The maximum atomic E-state index is 11.4. The van der Waals surface area contributed by atoms with E-state index in [0.717, 1.165) is 22.4 Å². The first kappa shape index (κ1) is 15.6. The third-order valence-electron chi connectivity index (χ3n) is 3.55. The molecule has 0 unspecified atom stereocenters. The molecule has 0 saturated heterocycles. The molecule has 3 aromatic rings. The summed E-state index contributed by atoms with van der Waals surface area (Å²) in [6, 6.07) is 16.7. The first-order chi connectivity index (χ1) is 11.7. The third kappa shape index (κ3) is 3.21. The van der Waals surface area contributed by atoms with Crippen LogP contribution in [0.1, 0.15) is 27.2 Å². The Labute approximate surface area is 140 Å². The average Bonchev–Trinajstić information content (AvgIpc) is 3.01. The summed E-state index contributed by atoms with van der Waals surface area (Å²) >= 11 is 0. The van der Waals surface area contributed by atoms with Gasteiger partial charge in [-0.15, -0.1) is 0 Å². The number of hydrogen-bond acceptors (Lipinski definition) is 4. The second-order valence-corrected chi connectivity index (χ2v) is 5.15. The van der Waals surface area contributed by atoms with E-state index in [2.05, 4.69) is 21.7 Å². The Morgan fingerprint density at radius 1 is 1.04 bits per heavy atom. The van der Waals surface area contributed by atoms with Crippen molar-refractivity contribution < 1.29 is 14.1 Å². The van der Waals surface area contributed by atoms with Gasteiger partial charge in [-0.3, -0.25) is 0 Å². The van der Waals surface area contributed by atoms with Crippen LogP contribution in [0.3, 0.4) is 0 Å². The molecule has 0 atom stereocenters. The van der Waals surface area contributed by atoms with Gasteiger partial charge < -0.3 is 9.26 Å². The lowest BCUT2D eigenvalue weighted by atomic mass is 10.1. The molecule has 0 saturated carbocycles. The van der Waals surface area contributed by atoms with E-state index < -0.39 is 0 Å². The maximum Gasteiger partial charge on any atom is 0.337 e. The molecule has 1 aromatic heterocycles. The fraction of sp³-hybridized carbons (Fsp3) is 0.100. The van der Waals surface area contributed by atoms with Gasteiger partial charge >= 0.3 is 5.97 Å². The van der Waals surface area contributed by atoms with E-state index in [1.54, 1.807) is 24.3 Å². The van der Waals surface area contributed by atoms with Crippen LogP contribution in [-0.2, 0) is 4.74 Å². The van der Waals surface area contributed by atoms with Crippen molar-refractivity contribution in [3.63, 3.8) is 0 Å². The highest BCUT2D eigenvalue weighted by atomic mass is 16.5. The summed E-state index contributed by atoms with van der Waals surface area (Å²) in [5.41, 5.74) is 3.74. The van der Waals surface area contributed by atoms with Gasteiger partial charge in [-0.1, -0.05) is 47.3 Å². The third-order valence-corrected chi connectivity index (χ3v) is 3.55.